The van der Waals surface area contributed by atoms with E-state index in [-0.39, 0.29) is 18.6 Å². The van der Waals surface area contributed by atoms with Crippen LogP contribution in [0.25, 0.3) is 6.08 Å². The number of methoxy groups -OCH3 is 1. The molecule has 2 N–H and O–H groups in total. The maximum atomic E-state index is 12.3. The van der Waals surface area contributed by atoms with Gasteiger partial charge in [0.25, 0.3) is 0 Å². The molecule has 1 atom stereocenters. The van der Waals surface area contributed by atoms with Gasteiger partial charge in [-0.3, -0.25) is 4.79 Å². The second-order valence-corrected chi connectivity index (χ2v) is 5.92. The summed E-state index contributed by atoms with van der Waals surface area (Å²) in [6.45, 7) is 2.10. The van der Waals surface area contributed by atoms with Gasteiger partial charge in [0.2, 0.25) is 5.91 Å². The molecule has 0 spiro atoms. The number of benzene rings is 2. The van der Waals surface area contributed by atoms with E-state index in [1.807, 2.05) is 55.5 Å². The Morgan fingerprint density at radius 1 is 1.24 bits per heavy atom. The van der Waals surface area contributed by atoms with Crippen LogP contribution in [0.15, 0.2) is 54.6 Å². The minimum Gasteiger partial charge on any atom is -0.496 e. The van der Waals surface area contributed by atoms with E-state index in [1.54, 1.807) is 13.2 Å². The van der Waals surface area contributed by atoms with Crippen molar-refractivity contribution in [2.75, 3.05) is 13.7 Å². The van der Waals surface area contributed by atoms with Gasteiger partial charge in [0.15, 0.2) is 0 Å². The summed E-state index contributed by atoms with van der Waals surface area (Å²) in [5, 5.41) is 12.1. The average Bonchev–Trinajstić information content (AvgIpc) is 2.64. The Hall–Kier alpha value is -2.59. The molecule has 0 bridgehead atoms. The highest BCUT2D eigenvalue weighted by atomic mass is 16.5. The van der Waals surface area contributed by atoms with Crippen molar-refractivity contribution < 1.29 is 14.6 Å². The Labute approximate surface area is 149 Å². The number of aryl methyl sites for hydroxylation is 1. The van der Waals surface area contributed by atoms with Crippen molar-refractivity contribution in [3.05, 3.63) is 71.3 Å². The summed E-state index contributed by atoms with van der Waals surface area (Å²) in [5.41, 5.74) is 3.00. The third-order valence-corrected chi connectivity index (χ3v) is 3.97. The molecule has 0 heterocycles. The molecule has 0 saturated carbocycles. The van der Waals surface area contributed by atoms with Gasteiger partial charge in [-0.2, -0.15) is 0 Å². The summed E-state index contributed by atoms with van der Waals surface area (Å²) in [6, 6.07) is 15.5. The number of hydrogen-bond donors (Lipinski definition) is 2. The molecule has 0 fully saturated rings. The Morgan fingerprint density at radius 2 is 2.00 bits per heavy atom. The second kappa shape index (κ2) is 9.64. The molecule has 0 aliphatic carbocycles. The van der Waals surface area contributed by atoms with Crippen LogP contribution >= 0.6 is 0 Å². The minimum absolute atomic E-state index is 0.107. The number of aliphatic hydroxyl groups is 1. The number of carbonyl (C=O) groups excluding carboxylic acids is 1. The minimum atomic E-state index is -0.171. The summed E-state index contributed by atoms with van der Waals surface area (Å²) >= 11 is 0. The maximum Gasteiger partial charge on any atom is 0.244 e. The number of carbonyl (C=O) groups is 1. The standard InChI is InChI=1S/C21H25NO3/c1-16-10-12-20(25-2)18(15-16)11-13-21(24)22-19(9-6-14-23)17-7-4-3-5-8-17/h3-5,7-8,10-13,15,19,23H,6,9,14H2,1-2H3,(H,22,24)/b13-11+. The van der Waals surface area contributed by atoms with E-state index in [4.69, 9.17) is 9.84 Å². The number of rotatable bonds is 8. The predicted octanol–water partition coefficient (Wildman–Crippen LogP) is 3.65. The van der Waals surface area contributed by atoms with Gasteiger partial charge in [0.05, 0.1) is 13.2 Å². The van der Waals surface area contributed by atoms with E-state index in [1.165, 1.54) is 6.08 Å². The molecule has 0 aliphatic rings. The van der Waals surface area contributed by atoms with Crippen LogP contribution in [-0.4, -0.2) is 24.7 Å². The molecule has 4 nitrogen and oxygen atoms in total. The first-order valence-electron chi connectivity index (χ1n) is 8.43. The predicted molar refractivity (Wildman–Crippen MR) is 100 cm³/mol. The molecule has 0 aromatic heterocycles. The molecule has 2 rings (SSSR count). The van der Waals surface area contributed by atoms with Gasteiger partial charge in [-0.1, -0.05) is 42.0 Å². The van der Waals surface area contributed by atoms with Crippen molar-refractivity contribution in [3.63, 3.8) is 0 Å². The van der Waals surface area contributed by atoms with Gasteiger partial charge in [0, 0.05) is 18.2 Å². The van der Waals surface area contributed by atoms with E-state index in [9.17, 15) is 4.79 Å². The molecule has 1 amide bonds. The number of hydrogen-bond acceptors (Lipinski definition) is 3. The van der Waals surface area contributed by atoms with E-state index in [0.717, 1.165) is 22.4 Å². The number of ether oxygens (including phenoxy) is 1. The van der Waals surface area contributed by atoms with Crippen LogP contribution in [0, 0.1) is 6.92 Å². The van der Waals surface area contributed by atoms with Crippen molar-refractivity contribution in [1.29, 1.82) is 0 Å². The lowest BCUT2D eigenvalue weighted by molar-refractivity contribution is -0.117. The highest BCUT2D eigenvalue weighted by Crippen LogP contribution is 2.21. The third-order valence-electron chi connectivity index (χ3n) is 3.97. The molecule has 1 unspecified atom stereocenters. The van der Waals surface area contributed by atoms with Crippen molar-refractivity contribution in [3.8, 4) is 5.75 Å². The molecular formula is C21H25NO3. The Bertz CT molecular complexity index is 710. The average molecular weight is 339 g/mol. The topological polar surface area (TPSA) is 58.6 Å². The van der Waals surface area contributed by atoms with Crippen LogP contribution in [0.3, 0.4) is 0 Å². The zero-order chi connectivity index (χ0) is 18.1. The van der Waals surface area contributed by atoms with Gasteiger partial charge in [-0.25, -0.2) is 0 Å². The highest BCUT2D eigenvalue weighted by Gasteiger charge is 2.12. The van der Waals surface area contributed by atoms with E-state index in [2.05, 4.69) is 5.32 Å². The summed E-state index contributed by atoms with van der Waals surface area (Å²) in [7, 11) is 1.61. The van der Waals surface area contributed by atoms with Gasteiger partial charge in [-0.05, 0) is 43.5 Å². The van der Waals surface area contributed by atoms with Crippen molar-refractivity contribution in [1.82, 2.24) is 5.32 Å². The fraction of sp³-hybridized carbons (Fsp3) is 0.286. The number of nitrogens with one attached hydrogen (secondary N) is 1. The zero-order valence-electron chi connectivity index (χ0n) is 14.7. The van der Waals surface area contributed by atoms with Gasteiger partial charge >= 0.3 is 0 Å². The first-order valence-corrected chi connectivity index (χ1v) is 8.43. The number of amides is 1. The van der Waals surface area contributed by atoms with E-state index in [0.29, 0.717) is 12.8 Å². The van der Waals surface area contributed by atoms with Gasteiger partial charge in [0.1, 0.15) is 5.75 Å². The van der Waals surface area contributed by atoms with Crippen LogP contribution in [0.4, 0.5) is 0 Å². The maximum absolute atomic E-state index is 12.3. The van der Waals surface area contributed by atoms with Gasteiger partial charge < -0.3 is 15.2 Å². The molecule has 25 heavy (non-hydrogen) atoms. The molecule has 132 valence electrons. The van der Waals surface area contributed by atoms with E-state index >= 15 is 0 Å². The van der Waals surface area contributed by atoms with Crippen LogP contribution < -0.4 is 10.1 Å². The van der Waals surface area contributed by atoms with Crippen molar-refractivity contribution >= 4 is 12.0 Å². The third kappa shape index (κ3) is 5.76. The lowest BCUT2D eigenvalue weighted by Crippen LogP contribution is -2.27. The summed E-state index contributed by atoms with van der Waals surface area (Å²) < 4.78 is 5.33. The first kappa shape index (κ1) is 18.7. The largest absolute Gasteiger partial charge is 0.496 e. The summed E-state index contributed by atoms with van der Waals surface area (Å²) in [6.07, 6.45) is 4.60. The fourth-order valence-electron chi connectivity index (χ4n) is 2.67. The molecule has 4 heteroatoms. The SMILES string of the molecule is COc1ccc(C)cc1/C=C/C(=O)NC(CCCO)c1ccccc1. The van der Waals surface area contributed by atoms with Crippen LogP contribution in [-0.2, 0) is 4.79 Å². The van der Waals surface area contributed by atoms with Crippen LogP contribution in [0.1, 0.15) is 35.6 Å². The fourth-order valence-corrected chi connectivity index (χ4v) is 2.67. The number of aliphatic hydroxyl groups excluding tert-OH is 1. The van der Waals surface area contributed by atoms with Crippen molar-refractivity contribution in [2.45, 2.75) is 25.8 Å². The molecule has 0 saturated heterocycles. The summed E-state index contributed by atoms with van der Waals surface area (Å²) in [5.74, 6) is 0.560. The van der Waals surface area contributed by atoms with Crippen LogP contribution in [0.5, 0.6) is 5.75 Å². The monoisotopic (exact) mass is 339 g/mol. The smallest absolute Gasteiger partial charge is 0.244 e. The van der Waals surface area contributed by atoms with Gasteiger partial charge in [-0.15, -0.1) is 0 Å². The molecule has 0 radical (unpaired) electrons. The Kier molecular flexibility index (Phi) is 7.23. The van der Waals surface area contributed by atoms with E-state index < -0.39 is 0 Å². The molecule has 2 aromatic rings. The lowest BCUT2D eigenvalue weighted by atomic mass is 10.0. The normalized spacial score (nSPS) is 12.1. The molecule has 0 aliphatic heterocycles. The Balaban J connectivity index is 2.09. The molecule has 2 aromatic carbocycles. The Morgan fingerprint density at radius 3 is 2.68 bits per heavy atom. The first-order chi connectivity index (χ1) is 12.1. The second-order valence-electron chi connectivity index (χ2n) is 5.92. The highest BCUT2D eigenvalue weighted by molar-refractivity contribution is 5.92. The summed E-state index contributed by atoms with van der Waals surface area (Å²) in [4.78, 5) is 12.3. The zero-order valence-corrected chi connectivity index (χ0v) is 14.7. The van der Waals surface area contributed by atoms with Crippen LogP contribution in [0.2, 0.25) is 0 Å². The molecular weight excluding hydrogens is 314 g/mol. The van der Waals surface area contributed by atoms with Crippen molar-refractivity contribution in [2.24, 2.45) is 0 Å². The quantitative estimate of drug-likeness (QED) is 0.722. The lowest BCUT2D eigenvalue weighted by Gasteiger charge is -2.18.